The van der Waals surface area contributed by atoms with Crippen molar-refractivity contribution >= 4 is 35.7 Å². The highest BCUT2D eigenvalue weighted by Gasteiger charge is 2.43. The molecular formula is C19H29N7O6. The molecule has 0 aromatic heterocycles. The summed E-state index contributed by atoms with van der Waals surface area (Å²) in [6.07, 6.45) is 3.43. The quantitative estimate of drug-likeness (QED) is 0.170. The first-order valence-electron chi connectivity index (χ1n) is 10.4. The van der Waals surface area contributed by atoms with E-state index in [1.54, 1.807) is 0 Å². The van der Waals surface area contributed by atoms with Crippen LogP contribution in [0.15, 0.2) is 9.98 Å². The summed E-state index contributed by atoms with van der Waals surface area (Å²) in [6, 6.07) is -2.38. The number of carboxylic acid groups (broad SMARTS) is 1. The molecule has 2 atom stereocenters. The molecule has 1 heterocycles. The van der Waals surface area contributed by atoms with Crippen LogP contribution in [0.5, 0.6) is 0 Å². The normalized spacial score (nSPS) is 24.2. The maximum Gasteiger partial charge on any atom is 0.305 e. The molecule has 13 heteroatoms. The smallest absolute Gasteiger partial charge is 0.305 e. The van der Waals surface area contributed by atoms with Gasteiger partial charge in [-0.15, -0.1) is 0 Å². The number of rotatable bonds is 9. The Bertz CT molecular complexity index is 813. The molecule has 0 aromatic rings. The number of amides is 3. The van der Waals surface area contributed by atoms with Crippen molar-refractivity contribution in [1.29, 1.82) is 0 Å². The number of primary amides is 1. The third kappa shape index (κ3) is 6.51. The van der Waals surface area contributed by atoms with Crippen LogP contribution in [0.1, 0.15) is 32.1 Å². The molecule has 7 N–H and O–H groups in total. The summed E-state index contributed by atoms with van der Waals surface area (Å²) in [4.78, 5) is 69.7. The molecule has 1 aliphatic heterocycles. The topological polar surface area (TPSA) is 215 Å². The van der Waals surface area contributed by atoms with E-state index in [1.165, 1.54) is 6.08 Å². The molecular weight excluding hydrogens is 422 g/mol. The van der Waals surface area contributed by atoms with Gasteiger partial charge in [0.15, 0.2) is 5.96 Å². The van der Waals surface area contributed by atoms with Gasteiger partial charge in [-0.1, -0.05) is 0 Å². The van der Waals surface area contributed by atoms with E-state index >= 15 is 0 Å². The molecule has 2 aliphatic rings. The number of hydrogen-bond donors (Lipinski definition) is 4. The lowest BCUT2D eigenvalue weighted by molar-refractivity contribution is -0.157. The predicted octanol–water partition coefficient (Wildman–Crippen LogP) is -2.23. The van der Waals surface area contributed by atoms with Crippen molar-refractivity contribution in [2.75, 3.05) is 26.2 Å². The van der Waals surface area contributed by atoms with Gasteiger partial charge in [0.2, 0.25) is 23.8 Å². The van der Waals surface area contributed by atoms with Gasteiger partial charge in [-0.2, -0.15) is 4.99 Å². The SMILES string of the molecule is NC(=O)CN1CCN(C(=O)[C@@H](N=C=O)C2CCC(CN=C(N)N)CC2)C(CC(=O)O)C1=O. The van der Waals surface area contributed by atoms with Crippen molar-refractivity contribution in [3.63, 3.8) is 0 Å². The van der Waals surface area contributed by atoms with Crippen LogP contribution in [0.2, 0.25) is 0 Å². The molecule has 3 amide bonds. The van der Waals surface area contributed by atoms with Crippen LogP contribution in [0.25, 0.3) is 0 Å². The average molecular weight is 451 g/mol. The Balaban J connectivity index is 2.16. The number of isocyanates is 1. The first-order valence-corrected chi connectivity index (χ1v) is 10.4. The van der Waals surface area contributed by atoms with Crippen molar-refractivity contribution in [3.8, 4) is 0 Å². The number of carboxylic acids is 1. The van der Waals surface area contributed by atoms with Crippen LogP contribution in [0.3, 0.4) is 0 Å². The molecule has 2 fully saturated rings. The number of carbonyl (C=O) groups excluding carboxylic acids is 4. The van der Waals surface area contributed by atoms with E-state index in [-0.39, 0.29) is 37.4 Å². The number of aliphatic imine (C=N–C) groups is 2. The van der Waals surface area contributed by atoms with Crippen LogP contribution < -0.4 is 17.2 Å². The van der Waals surface area contributed by atoms with Gasteiger partial charge in [0.25, 0.3) is 0 Å². The van der Waals surface area contributed by atoms with E-state index in [2.05, 4.69) is 9.98 Å². The number of piperazine rings is 1. The largest absolute Gasteiger partial charge is 0.481 e. The summed E-state index contributed by atoms with van der Waals surface area (Å²) in [6.45, 7) is 0.126. The third-order valence-electron chi connectivity index (χ3n) is 5.90. The lowest BCUT2D eigenvalue weighted by Gasteiger charge is -2.41. The number of hydrogen-bond acceptors (Lipinski definition) is 7. The van der Waals surface area contributed by atoms with Gasteiger partial charge in [-0.25, -0.2) is 4.79 Å². The second kappa shape index (κ2) is 11.2. The highest BCUT2D eigenvalue weighted by atomic mass is 16.4. The summed E-state index contributed by atoms with van der Waals surface area (Å²) in [7, 11) is 0. The predicted molar refractivity (Wildman–Crippen MR) is 112 cm³/mol. The first-order chi connectivity index (χ1) is 15.1. The summed E-state index contributed by atoms with van der Waals surface area (Å²) < 4.78 is 0. The molecule has 1 saturated carbocycles. The molecule has 1 aliphatic carbocycles. The van der Waals surface area contributed by atoms with Gasteiger partial charge < -0.3 is 32.1 Å². The lowest BCUT2D eigenvalue weighted by atomic mass is 9.78. The maximum atomic E-state index is 13.3. The molecule has 0 bridgehead atoms. The lowest BCUT2D eigenvalue weighted by Crippen LogP contribution is -2.62. The minimum absolute atomic E-state index is 0.000510. The molecule has 2 rings (SSSR count). The zero-order valence-electron chi connectivity index (χ0n) is 17.7. The Hall–Kier alpha value is -3.47. The second-order valence-corrected chi connectivity index (χ2v) is 8.08. The summed E-state index contributed by atoms with van der Waals surface area (Å²) in [5.41, 5.74) is 15.9. The van der Waals surface area contributed by atoms with Gasteiger partial charge in [-0.05, 0) is 37.5 Å². The van der Waals surface area contributed by atoms with Crippen molar-refractivity contribution in [1.82, 2.24) is 9.80 Å². The van der Waals surface area contributed by atoms with Crippen LogP contribution in [-0.4, -0.2) is 88.9 Å². The van der Waals surface area contributed by atoms with Gasteiger partial charge >= 0.3 is 5.97 Å². The molecule has 1 unspecified atom stereocenters. The van der Waals surface area contributed by atoms with E-state index in [0.717, 1.165) is 22.6 Å². The zero-order valence-corrected chi connectivity index (χ0v) is 17.7. The molecule has 13 nitrogen and oxygen atoms in total. The Kier molecular flexibility index (Phi) is 8.71. The molecule has 0 spiro atoms. The molecule has 176 valence electrons. The second-order valence-electron chi connectivity index (χ2n) is 8.08. The highest BCUT2D eigenvalue weighted by Crippen LogP contribution is 2.33. The number of nitrogens with zero attached hydrogens (tertiary/aromatic N) is 4. The monoisotopic (exact) mass is 451 g/mol. The van der Waals surface area contributed by atoms with E-state index in [4.69, 9.17) is 17.2 Å². The third-order valence-corrected chi connectivity index (χ3v) is 5.90. The van der Waals surface area contributed by atoms with Crippen molar-refractivity contribution in [3.05, 3.63) is 0 Å². The zero-order chi connectivity index (χ0) is 23.8. The van der Waals surface area contributed by atoms with E-state index < -0.39 is 42.2 Å². The Morgan fingerprint density at radius 2 is 1.78 bits per heavy atom. The van der Waals surface area contributed by atoms with Crippen LogP contribution in [0, 0.1) is 11.8 Å². The van der Waals surface area contributed by atoms with E-state index in [1.807, 2.05) is 0 Å². The molecule has 0 aromatic carbocycles. The average Bonchev–Trinajstić information content (AvgIpc) is 2.73. The van der Waals surface area contributed by atoms with Gasteiger partial charge in [0, 0.05) is 19.6 Å². The Morgan fingerprint density at radius 3 is 2.31 bits per heavy atom. The Labute approximate surface area is 184 Å². The van der Waals surface area contributed by atoms with Crippen LogP contribution >= 0.6 is 0 Å². The maximum absolute atomic E-state index is 13.3. The van der Waals surface area contributed by atoms with Crippen molar-refractivity contribution < 1.29 is 29.1 Å². The molecule has 32 heavy (non-hydrogen) atoms. The fourth-order valence-corrected chi connectivity index (χ4v) is 4.32. The summed E-state index contributed by atoms with van der Waals surface area (Å²) in [5, 5.41) is 9.25. The van der Waals surface area contributed by atoms with Crippen molar-refractivity contribution in [2.45, 2.75) is 44.2 Å². The Morgan fingerprint density at radius 1 is 1.12 bits per heavy atom. The molecule has 1 saturated heterocycles. The van der Waals surface area contributed by atoms with Gasteiger partial charge in [-0.3, -0.25) is 24.2 Å². The van der Waals surface area contributed by atoms with Crippen LogP contribution in [0.4, 0.5) is 0 Å². The number of aliphatic carboxylic acids is 1. The van der Waals surface area contributed by atoms with Crippen molar-refractivity contribution in [2.24, 2.45) is 39.0 Å². The minimum atomic E-state index is -1.31. The standard InChI is InChI=1S/C19H29N7O6/c20-14(28)9-25-5-6-26(13(17(25)31)7-15(29)30)18(32)16(24-10-27)12-3-1-11(2-4-12)8-23-19(21)22/h11-13,16H,1-9H2,(H2,20,28)(H,29,30)(H4,21,22,23)/t11?,12?,13?,16-/m0/s1. The number of guanidine groups is 1. The summed E-state index contributed by atoms with van der Waals surface area (Å²) in [5.74, 6) is -3.31. The van der Waals surface area contributed by atoms with E-state index in [0.29, 0.717) is 19.4 Å². The number of nitrogens with two attached hydrogens (primary N) is 3. The van der Waals surface area contributed by atoms with Gasteiger partial charge in [0.05, 0.1) is 13.0 Å². The van der Waals surface area contributed by atoms with Crippen LogP contribution in [-0.2, 0) is 24.0 Å². The van der Waals surface area contributed by atoms with Gasteiger partial charge in [0.1, 0.15) is 12.1 Å². The fourth-order valence-electron chi connectivity index (χ4n) is 4.32. The number of carbonyl (C=O) groups is 4. The highest BCUT2D eigenvalue weighted by molar-refractivity contribution is 5.95. The first kappa shape index (κ1) is 24.8. The fraction of sp³-hybridized carbons (Fsp3) is 0.684. The summed E-state index contributed by atoms with van der Waals surface area (Å²) >= 11 is 0. The molecule has 0 radical (unpaired) electrons. The van der Waals surface area contributed by atoms with E-state index in [9.17, 15) is 29.1 Å². The minimum Gasteiger partial charge on any atom is -0.481 e.